The lowest BCUT2D eigenvalue weighted by Crippen LogP contribution is -2.62. The van der Waals surface area contributed by atoms with Crippen LogP contribution in [-0.2, 0) is 16.6 Å². The number of aliphatic hydroxyl groups excluding tert-OH is 2. The van der Waals surface area contributed by atoms with Crippen molar-refractivity contribution in [3.8, 4) is 0 Å². The molecule has 4 rings (SSSR count). The molecule has 0 bridgehead atoms. The molecule has 1 heterocycles. The van der Waals surface area contributed by atoms with Gasteiger partial charge < -0.3 is 15.1 Å². The van der Waals surface area contributed by atoms with E-state index in [4.69, 9.17) is 0 Å². The van der Waals surface area contributed by atoms with Gasteiger partial charge >= 0.3 is 0 Å². The third kappa shape index (κ3) is 1.87. The van der Waals surface area contributed by atoms with Gasteiger partial charge in [0.1, 0.15) is 0 Å². The number of likely N-dealkylation sites (tertiary alicyclic amines) is 1. The van der Waals surface area contributed by atoms with Gasteiger partial charge in [-0.1, -0.05) is 24.3 Å². The number of hydrogen-bond donors (Lipinski definition) is 2. The van der Waals surface area contributed by atoms with Crippen molar-refractivity contribution in [3.63, 3.8) is 0 Å². The normalized spacial score (nSPS) is 31.5. The average Bonchev–Trinajstić information content (AvgIpc) is 3.22. The largest absolute Gasteiger partial charge is 0.396 e. The number of benzene rings is 1. The van der Waals surface area contributed by atoms with Crippen molar-refractivity contribution in [1.29, 1.82) is 0 Å². The van der Waals surface area contributed by atoms with Gasteiger partial charge in [0.15, 0.2) is 0 Å². The summed E-state index contributed by atoms with van der Waals surface area (Å²) in [5.41, 5.74) is 2.40. The number of amides is 1. The van der Waals surface area contributed by atoms with Crippen LogP contribution in [0.2, 0.25) is 0 Å². The Morgan fingerprint density at radius 1 is 1.23 bits per heavy atom. The number of rotatable bonds is 3. The summed E-state index contributed by atoms with van der Waals surface area (Å²) in [5, 5.41) is 18.7. The zero-order chi connectivity index (χ0) is 15.4. The first-order valence-corrected chi connectivity index (χ1v) is 8.23. The van der Waals surface area contributed by atoms with E-state index < -0.39 is 5.41 Å². The van der Waals surface area contributed by atoms with E-state index in [1.165, 1.54) is 11.1 Å². The van der Waals surface area contributed by atoms with Crippen molar-refractivity contribution < 1.29 is 15.0 Å². The van der Waals surface area contributed by atoms with Crippen LogP contribution in [0.5, 0.6) is 0 Å². The zero-order valence-electron chi connectivity index (χ0n) is 12.8. The molecule has 1 amide bonds. The van der Waals surface area contributed by atoms with Gasteiger partial charge in [-0.2, -0.15) is 0 Å². The molecule has 1 aromatic rings. The molecular formula is C18H23NO3. The SMILES string of the molecule is O=C(C1CC12CCCc1ccccc12)N1CC(CO)(CO)C1. The maximum Gasteiger partial charge on any atom is 0.226 e. The van der Waals surface area contributed by atoms with Crippen LogP contribution in [0.3, 0.4) is 0 Å². The Labute approximate surface area is 130 Å². The molecule has 3 aliphatic rings. The summed E-state index contributed by atoms with van der Waals surface area (Å²) >= 11 is 0. The molecule has 22 heavy (non-hydrogen) atoms. The number of nitrogens with zero attached hydrogens (tertiary/aromatic N) is 1. The molecule has 2 fully saturated rings. The van der Waals surface area contributed by atoms with Gasteiger partial charge in [-0.3, -0.25) is 4.79 Å². The highest BCUT2D eigenvalue weighted by Crippen LogP contribution is 2.61. The first-order chi connectivity index (χ1) is 10.6. The number of fused-ring (bicyclic) bond motifs is 2. The van der Waals surface area contributed by atoms with Gasteiger partial charge in [-0.05, 0) is 36.8 Å². The van der Waals surface area contributed by atoms with E-state index in [0.717, 1.165) is 25.7 Å². The quantitative estimate of drug-likeness (QED) is 0.879. The van der Waals surface area contributed by atoms with E-state index in [0.29, 0.717) is 13.1 Å². The topological polar surface area (TPSA) is 60.8 Å². The monoisotopic (exact) mass is 301 g/mol. The van der Waals surface area contributed by atoms with E-state index in [9.17, 15) is 15.0 Å². The van der Waals surface area contributed by atoms with Crippen LogP contribution < -0.4 is 0 Å². The highest BCUT2D eigenvalue weighted by atomic mass is 16.3. The van der Waals surface area contributed by atoms with Crippen LogP contribution in [0.15, 0.2) is 24.3 Å². The van der Waals surface area contributed by atoms with Crippen molar-refractivity contribution in [2.24, 2.45) is 11.3 Å². The van der Waals surface area contributed by atoms with Crippen molar-refractivity contribution in [2.45, 2.75) is 31.1 Å². The second-order valence-electron chi connectivity index (χ2n) is 7.43. The molecule has 1 spiro atoms. The van der Waals surface area contributed by atoms with Crippen molar-refractivity contribution in [1.82, 2.24) is 4.90 Å². The van der Waals surface area contributed by atoms with Gasteiger partial charge in [0.25, 0.3) is 0 Å². The lowest BCUT2D eigenvalue weighted by atomic mass is 9.77. The highest BCUT2D eigenvalue weighted by molar-refractivity contribution is 5.85. The van der Waals surface area contributed by atoms with Crippen LogP contribution in [0.25, 0.3) is 0 Å². The molecule has 2 atom stereocenters. The summed E-state index contributed by atoms with van der Waals surface area (Å²) in [7, 11) is 0. The predicted molar refractivity (Wildman–Crippen MR) is 82.3 cm³/mol. The van der Waals surface area contributed by atoms with Crippen molar-refractivity contribution in [3.05, 3.63) is 35.4 Å². The summed E-state index contributed by atoms with van der Waals surface area (Å²) < 4.78 is 0. The molecule has 118 valence electrons. The Hall–Kier alpha value is -1.39. The summed E-state index contributed by atoms with van der Waals surface area (Å²) in [6.07, 6.45) is 4.36. The van der Waals surface area contributed by atoms with E-state index in [2.05, 4.69) is 24.3 Å². The van der Waals surface area contributed by atoms with Crippen LogP contribution in [0.4, 0.5) is 0 Å². The number of aryl methyl sites for hydroxylation is 1. The van der Waals surface area contributed by atoms with Crippen LogP contribution in [0.1, 0.15) is 30.4 Å². The van der Waals surface area contributed by atoms with E-state index in [1.807, 2.05) is 4.90 Å². The van der Waals surface area contributed by atoms with Crippen LogP contribution >= 0.6 is 0 Å². The summed E-state index contributed by atoms with van der Waals surface area (Å²) in [6, 6.07) is 8.56. The average molecular weight is 301 g/mol. The summed E-state index contributed by atoms with van der Waals surface area (Å²) in [6.45, 7) is 0.887. The first-order valence-electron chi connectivity index (χ1n) is 8.23. The Kier molecular flexibility index (Phi) is 3.10. The fraction of sp³-hybridized carbons (Fsp3) is 0.611. The third-order valence-electron chi connectivity index (χ3n) is 6.03. The second-order valence-corrected chi connectivity index (χ2v) is 7.43. The molecule has 2 aliphatic carbocycles. The van der Waals surface area contributed by atoms with Gasteiger partial charge in [0.05, 0.1) is 18.6 Å². The Bertz CT molecular complexity index is 602. The molecule has 4 heteroatoms. The maximum absolute atomic E-state index is 12.8. The molecule has 1 saturated heterocycles. The molecule has 0 aromatic heterocycles. The maximum atomic E-state index is 12.8. The predicted octanol–water partition coefficient (Wildman–Crippen LogP) is 1.09. The second kappa shape index (κ2) is 4.80. The number of hydrogen-bond acceptors (Lipinski definition) is 3. The molecule has 1 saturated carbocycles. The minimum absolute atomic E-state index is 0.0497. The minimum Gasteiger partial charge on any atom is -0.396 e. The number of aliphatic hydroxyl groups is 2. The molecule has 0 radical (unpaired) electrons. The fourth-order valence-corrected chi connectivity index (χ4v) is 4.55. The fourth-order valence-electron chi connectivity index (χ4n) is 4.55. The summed E-state index contributed by atoms with van der Waals surface area (Å²) in [4.78, 5) is 14.6. The van der Waals surface area contributed by atoms with Gasteiger partial charge in [-0.25, -0.2) is 0 Å². The summed E-state index contributed by atoms with van der Waals surface area (Å²) in [5.74, 6) is 0.318. The standard InChI is InChI=1S/C18H23NO3/c20-11-17(12-21)9-19(10-17)16(22)15-8-18(15)7-3-5-13-4-1-2-6-14(13)18/h1-2,4,6,15,20-21H,3,5,7-12H2. The Morgan fingerprint density at radius 2 is 1.95 bits per heavy atom. The Morgan fingerprint density at radius 3 is 2.68 bits per heavy atom. The smallest absolute Gasteiger partial charge is 0.226 e. The first kappa shape index (κ1) is 14.2. The van der Waals surface area contributed by atoms with E-state index >= 15 is 0 Å². The lowest BCUT2D eigenvalue weighted by Gasteiger charge is -2.48. The van der Waals surface area contributed by atoms with Crippen molar-refractivity contribution in [2.75, 3.05) is 26.3 Å². The highest BCUT2D eigenvalue weighted by Gasteiger charge is 2.62. The molecule has 2 unspecified atom stereocenters. The van der Waals surface area contributed by atoms with E-state index in [1.54, 1.807) is 0 Å². The van der Waals surface area contributed by atoms with Crippen LogP contribution in [-0.4, -0.2) is 47.3 Å². The number of carbonyl (C=O) groups excluding carboxylic acids is 1. The van der Waals surface area contributed by atoms with Gasteiger partial charge in [-0.15, -0.1) is 0 Å². The van der Waals surface area contributed by atoms with Gasteiger partial charge in [0, 0.05) is 24.4 Å². The van der Waals surface area contributed by atoms with Gasteiger partial charge in [0.2, 0.25) is 5.91 Å². The molecule has 4 nitrogen and oxygen atoms in total. The van der Waals surface area contributed by atoms with Crippen molar-refractivity contribution >= 4 is 5.91 Å². The number of carbonyl (C=O) groups is 1. The van der Waals surface area contributed by atoms with E-state index in [-0.39, 0.29) is 30.5 Å². The minimum atomic E-state index is -0.470. The Balaban J connectivity index is 1.50. The third-order valence-corrected chi connectivity index (χ3v) is 6.03. The molecule has 2 N–H and O–H groups in total. The molecule has 1 aliphatic heterocycles. The van der Waals surface area contributed by atoms with Crippen LogP contribution in [0, 0.1) is 11.3 Å². The zero-order valence-corrected chi connectivity index (χ0v) is 12.8. The lowest BCUT2D eigenvalue weighted by molar-refractivity contribution is -0.151. The molecular weight excluding hydrogens is 278 g/mol. The molecule has 1 aromatic carbocycles.